The molecule has 23 heavy (non-hydrogen) atoms. The average Bonchev–Trinajstić information content (AvgIpc) is 2.46. The van der Waals surface area contributed by atoms with Crippen LogP contribution in [0.25, 0.3) is 0 Å². The molecule has 134 valence electrons. The normalized spacial score (nSPS) is 22.6. The van der Waals surface area contributed by atoms with Gasteiger partial charge in [0.15, 0.2) is 6.10 Å². The Morgan fingerprint density at radius 2 is 1.91 bits per heavy atom. The first-order chi connectivity index (χ1) is 10.8. The lowest BCUT2D eigenvalue weighted by molar-refractivity contribution is -0.160. The van der Waals surface area contributed by atoms with Gasteiger partial charge in [-0.25, -0.2) is 4.79 Å². The van der Waals surface area contributed by atoms with Gasteiger partial charge >= 0.3 is 5.97 Å². The first-order valence-electron chi connectivity index (χ1n) is 8.97. The maximum atomic E-state index is 12.6. The van der Waals surface area contributed by atoms with Gasteiger partial charge in [-0.3, -0.25) is 0 Å². The van der Waals surface area contributed by atoms with E-state index in [9.17, 15) is 4.79 Å². The zero-order valence-electron chi connectivity index (χ0n) is 15.6. The monoisotopic (exact) mass is 404 g/mol. The molecule has 0 N–H and O–H groups in total. The second-order valence-electron chi connectivity index (χ2n) is 7.42. The molecule has 3 nitrogen and oxygen atoms in total. The van der Waals surface area contributed by atoms with E-state index in [1.165, 1.54) is 9.68 Å². The molecule has 0 aliphatic carbocycles. The zero-order valence-corrected chi connectivity index (χ0v) is 18.2. The van der Waals surface area contributed by atoms with Crippen molar-refractivity contribution >= 4 is 30.0 Å². The molecule has 1 heterocycles. The molecule has 1 rings (SSSR count). The molecule has 0 amide bonds. The van der Waals surface area contributed by atoms with E-state index in [0.717, 1.165) is 32.1 Å². The minimum Gasteiger partial charge on any atom is -0.464 e. The van der Waals surface area contributed by atoms with Crippen molar-refractivity contribution in [3.8, 4) is 0 Å². The third-order valence-electron chi connectivity index (χ3n) is 4.58. The van der Waals surface area contributed by atoms with Gasteiger partial charge in [-0.15, -0.1) is 0 Å². The molecule has 0 saturated heterocycles. The zero-order chi connectivity index (χ0) is 17.6. The number of rotatable bonds is 8. The molecule has 0 spiro atoms. The molecule has 0 aromatic carbocycles. The number of ether oxygens (including phenoxy) is 2. The van der Waals surface area contributed by atoms with Gasteiger partial charge in [0.05, 0.1) is 20.8 Å². The molecule has 1 aliphatic heterocycles. The van der Waals surface area contributed by atoms with Crippen molar-refractivity contribution in [1.29, 1.82) is 0 Å². The van der Waals surface area contributed by atoms with Gasteiger partial charge in [0.25, 0.3) is 0 Å². The van der Waals surface area contributed by atoms with E-state index >= 15 is 0 Å². The minimum absolute atomic E-state index is 0.100. The molecule has 5 heteroatoms. The Balaban J connectivity index is 3.04. The fourth-order valence-electron chi connectivity index (χ4n) is 3.18. The van der Waals surface area contributed by atoms with Crippen LogP contribution < -0.4 is 0 Å². The van der Waals surface area contributed by atoms with Crippen molar-refractivity contribution in [2.45, 2.75) is 84.7 Å². The van der Waals surface area contributed by atoms with Crippen LogP contribution in [0.15, 0.2) is 9.68 Å². The Bertz CT molecular complexity index is 424. The molecule has 0 aromatic rings. The SMILES string of the molecule is CCCCOC(=O)[C@H]1O[C@H](C(CC)CC)CC(Br)=C1[Si](C)(C)C. The molecule has 1 aliphatic rings. The van der Waals surface area contributed by atoms with Crippen LogP contribution in [0.4, 0.5) is 0 Å². The average molecular weight is 405 g/mol. The summed E-state index contributed by atoms with van der Waals surface area (Å²) in [4.78, 5) is 12.6. The summed E-state index contributed by atoms with van der Waals surface area (Å²) in [5, 5.41) is 1.17. The standard InChI is InChI=1S/C18H33BrO3Si/c1-7-10-11-21-18(20)16-17(23(4,5)6)14(19)12-15(22-16)13(8-2)9-3/h13,15-16H,7-12H2,1-6H3/t15-,16-/m0/s1. The maximum Gasteiger partial charge on any atom is 0.339 e. The molecule has 0 aromatic heterocycles. The summed E-state index contributed by atoms with van der Waals surface area (Å²) in [6.07, 6.45) is 4.53. The Labute approximate surface area is 151 Å². The number of unbranched alkanes of at least 4 members (excludes halogenated alkanes) is 1. The highest BCUT2D eigenvalue weighted by Gasteiger charge is 2.42. The number of esters is 1. The molecule has 0 saturated carbocycles. The molecule has 2 atom stereocenters. The lowest BCUT2D eigenvalue weighted by atomic mass is 9.92. The van der Waals surface area contributed by atoms with Crippen LogP contribution in [0.5, 0.6) is 0 Å². The number of carbonyl (C=O) groups is 1. The topological polar surface area (TPSA) is 35.5 Å². The Morgan fingerprint density at radius 1 is 1.30 bits per heavy atom. The first kappa shape index (κ1) is 20.9. The summed E-state index contributed by atoms with van der Waals surface area (Å²) < 4.78 is 13.0. The van der Waals surface area contributed by atoms with Gasteiger partial charge in [-0.05, 0) is 22.0 Å². The van der Waals surface area contributed by atoms with E-state index in [1.807, 2.05) is 0 Å². The Morgan fingerprint density at radius 3 is 2.39 bits per heavy atom. The van der Waals surface area contributed by atoms with Crippen LogP contribution >= 0.6 is 15.9 Å². The van der Waals surface area contributed by atoms with Gasteiger partial charge in [0.2, 0.25) is 0 Å². The van der Waals surface area contributed by atoms with E-state index in [2.05, 4.69) is 56.3 Å². The molecule has 0 unspecified atom stereocenters. The van der Waals surface area contributed by atoms with Crippen molar-refractivity contribution in [1.82, 2.24) is 0 Å². The van der Waals surface area contributed by atoms with E-state index in [0.29, 0.717) is 12.5 Å². The number of halogens is 1. The smallest absolute Gasteiger partial charge is 0.339 e. The summed E-state index contributed by atoms with van der Waals surface area (Å²) in [7, 11) is -1.67. The van der Waals surface area contributed by atoms with Crippen molar-refractivity contribution in [2.75, 3.05) is 6.61 Å². The largest absolute Gasteiger partial charge is 0.464 e. The predicted octanol–water partition coefficient (Wildman–Crippen LogP) is 5.45. The minimum atomic E-state index is -1.67. The van der Waals surface area contributed by atoms with Crippen LogP contribution in [-0.4, -0.2) is 32.9 Å². The summed E-state index contributed by atoms with van der Waals surface area (Å²) in [6, 6.07) is 0. The molecule has 0 bridgehead atoms. The van der Waals surface area contributed by atoms with Gasteiger partial charge in [0.1, 0.15) is 0 Å². The fourth-order valence-corrected chi connectivity index (χ4v) is 7.38. The van der Waals surface area contributed by atoms with Gasteiger partial charge < -0.3 is 9.47 Å². The molecular weight excluding hydrogens is 372 g/mol. The second kappa shape index (κ2) is 9.38. The van der Waals surface area contributed by atoms with Crippen LogP contribution in [0.3, 0.4) is 0 Å². The highest BCUT2D eigenvalue weighted by Crippen LogP contribution is 2.39. The maximum absolute atomic E-state index is 12.6. The number of hydrogen-bond acceptors (Lipinski definition) is 3. The third kappa shape index (κ3) is 5.71. The lowest BCUT2D eigenvalue weighted by Crippen LogP contribution is -2.46. The summed E-state index contributed by atoms with van der Waals surface area (Å²) in [5.41, 5.74) is 0. The summed E-state index contributed by atoms with van der Waals surface area (Å²) in [5.74, 6) is 0.278. The van der Waals surface area contributed by atoms with Crippen molar-refractivity contribution in [3.05, 3.63) is 9.68 Å². The lowest BCUT2D eigenvalue weighted by Gasteiger charge is -2.39. The van der Waals surface area contributed by atoms with E-state index in [4.69, 9.17) is 9.47 Å². The predicted molar refractivity (Wildman–Crippen MR) is 103 cm³/mol. The summed E-state index contributed by atoms with van der Waals surface area (Å²) >= 11 is 3.77. The van der Waals surface area contributed by atoms with Crippen molar-refractivity contribution in [3.63, 3.8) is 0 Å². The van der Waals surface area contributed by atoms with Crippen molar-refractivity contribution < 1.29 is 14.3 Å². The molecule has 0 fully saturated rings. The molecular formula is C18H33BrO3Si. The van der Waals surface area contributed by atoms with Crippen LogP contribution in [0.1, 0.15) is 52.9 Å². The third-order valence-corrected chi connectivity index (χ3v) is 7.88. The van der Waals surface area contributed by atoms with Crippen LogP contribution in [-0.2, 0) is 14.3 Å². The Kier molecular flexibility index (Phi) is 8.52. The highest BCUT2D eigenvalue weighted by molar-refractivity contribution is 9.11. The number of hydrogen-bond donors (Lipinski definition) is 0. The molecule has 0 radical (unpaired) electrons. The van der Waals surface area contributed by atoms with Crippen LogP contribution in [0.2, 0.25) is 19.6 Å². The number of carbonyl (C=O) groups excluding carboxylic acids is 1. The fraction of sp³-hybridized carbons (Fsp3) is 0.833. The van der Waals surface area contributed by atoms with E-state index in [-0.39, 0.29) is 12.1 Å². The highest BCUT2D eigenvalue weighted by atomic mass is 79.9. The van der Waals surface area contributed by atoms with Crippen molar-refractivity contribution in [2.24, 2.45) is 5.92 Å². The van der Waals surface area contributed by atoms with Gasteiger partial charge in [0, 0.05) is 6.42 Å². The second-order valence-corrected chi connectivity index (χ2v) is 13.4. The van der Waals surface area contributed by atoms with Gasteiger partial charge in [-0.1, -0.05) is 75.6 Å². The first-order valence-corrected chi connectivity index (χ1v) is 13.3. The quantitative estimate of drug-likeness (QED) is 0.306. The van der Waals surface area contributed by atoms with E-state index in [1.54, 1.807) is 0 Å². The van der Waals surface area contributed by atoms with E-state index < -0.39 is 14.2 Å². The van der Waals surface area contributed by atoms with Crippen LogP contribution in [0, 0.1) is 5.92 Å². The summed E-state index contributed by atoms with van der Waals surface area (Å²) in [6.45, 7) is 13.7. The van der Waals surface area contributed by atoms with Gasteiger partial charge in [-0.2, -0.15) is 0 Å². The Hall–Kier alpha value is -0.133.